The molecule has 0 saturated heterocycles. The Morgan fingerprint density at radius 1 is 0.933 bits per heavy atom. The van der Waals surface area contributed by atoms with E-state index in [0.717, 1.165) is 22.2 Å². The van der Waals surface area contributed by atoms with E-state index in [4.69, 9.17) is 0 Å². The van der Waals surface area contributed by atoms with E-state index >= 15 is 0 Å². The molecule has 0 aliphatic rings. The van der Waals surface area contributed by atoms with Crippen LogP contribution in [-0.2, 0) is 23.0 Å². The molecule has 1 aromatic heterocycles. The molecule has 4 nitrogen and oxygen atoms in total. The van der Waals surface area contributed by atoms with Crippen LogP contribution in [0, 0.1) is 18.6 Å². The van der Waals surface area contributed by atoms with E-state index < -0.39 is 10.0 Å². The first kappa shape index (κ1) is 20.3. The van der Waals surface area contributed by atoms with E-state index in [1.54, 1.807) is 30.3 Å². The highest BCUT2D eigenvalue weighted by Gasteiger charge is 2.20. The number of benzene rings is 3. The van der Waals surface area contributed by atoms with Gasteiger partial charge in [-0.15, -0.1) is 0 Å². The lowest BCUT2D eigenvalue weighted by molar-refractivity contribution is 0.580. The summed E-state index contributed by atoms with van der Waals surface area (Å²) < 4.78 is 55.4. The number of aryl methyl sites for hydroxylation is 1. The number of halogens is 2. The number of H-pyrrole nitrogens is 1. The Morgan fingerprint density at radius 2 is 1.63 bits per heavy atom. The van der Waals surface area contributed by atoms with Crippen molar-refractivity contribution in [1.29, 1.82) is 0 Å². The van der Waals surface area contributed by atoms with Crippen LogP contribution in [0.2, 0.25) is 0 Å². The van der Waals surface area contributed by atoms with E-state index in [-0.39, 0.29) is 23.1 Å². The highest BCUT2D eigenvalue weighted by molar-refractivity contribution is 7.89. The van der Waals surface area contributed by atoms with Crippen molar-refractivity contribution in [2.24, 2.45) is 0 Å². The number of rotatable bonds is 6. The molecule has 0 aliphatic carbocycles. The van der Waals surface area contributed by atoms with Crippen LogP contribution in [0.5, 0.6) is 0 Å². The SMILES string of the molecule is Cc1[nH]c2ccc(F)cc2c1Cc1ccccc1S(=O)(=O)NCc1ccc(F)cc1. The zero-order valence-corrected chi connectivity index (χ0v) is 17.1. The van der Waals surface area contributed by atoms with E-state index in [1.807, 2.05) is 6.92 Å². The third-order valence-corrected chi connectivity index (χ3v) is 6.59. The summed E-state index contributed by atoms with van der Waals surface area (Å²) in [6, 6.07) is 16.9. The molecule has 154 valence electrons. The van der Waals surface area contributed by atoms with Crippen molar-refractivity contribution in [3.63, 3.8) is 0 Å². The van der Waals surface area contributed by atoms with E-state index in [9.17, 15) is 17.2 Å². The summed E-state index contributed by atoms with van der Waals surface area (Å²) in [6.45, 7) is 1.94. The Labute approximate surface area is 173 Å². The fourth-order valence-electron chi connectivity index (χ4n) is 3.54. The summed E-state index contributed by atoms with van der Waals surface area (Å²) in [5.74, 6) is -0.720. The highest BCUT2D eigenvalue weighted by atomic mass is 32.2. The number of hydrogen-bond donors (Lipinski definition) is 2. The molecule has 4 aromatic rings. The minimum atomic E-state index is -3.80. The van der Waals surface area contributed by atoms with Gasteiger partial charge in [0, 0.05) is 29.6 Å². The monoisotopic (exact) mass is 426 g/mol. The molecule has 4 rings (SSSR count). The Balaban J connectivity index is 1.65. The summed E-state index contributed by atoms with van der Waals surface area (Å²) in [4.78, 5) is 3.39. The molecule has 0 amide bonds. The van der Waals surface area contributed by atoms with Crippen molar-refractivity contribution in [3.05, 3.63) is 101 Å². The lowest BCUT2D eigenvalue weighted by atomic mass is 10.0. The van der Waals surface area contributed by atoms with Crippen LogP contribution >= 0.6 is 0 Å². The van der Waals surface area contributed by atoms with Gasteiger partial charge in [0.2, 0.25) is 10.0 Å². The fourth-order valence-corrected chi connectivity index (χ4v) is 4.80. The zero-order chi connectivity index (χ0) is 21.3. The maximum absolute atomic E-state index is 13.8. The van der Waals surface area contributed by atoms with Crippen LogP contribution in [0.4, 0.5) is 8.78 Å². The molecule has 7 heteroatoms. The molecule has 0 radical (unpaired) electrons. The molecule has 2 N–H and O–H groups in total. The number of fused-ring (bicyclic) bond motifs is 1. The second-order valence-corrected chi connectivity index (χ2v) is 8.89. The van der Waals surface area contributed by atoms with Gasteiger partial charge in [0.05, 0.1) is 4.90 Å². The molecule has 0 aliphatic heterocycles. The van der Waals surface area contributed by atoms with Gasteiger partial charge in [-0.25, -0.2) is 21.9 Å². The average molecular weight is 426 g/mol. The fraction of sp³-hybridized carbons (Fsp3) is 0.130. The Kier molecular flexibility index (Phi) is 5.40. The van der Waals surface area contributed by atoms with Gasteiger partial charge in [-0.3, -0.25) is 0 Å². The molecule has 0 saturated carbocycles. The van der Waals surface area contributed by atoms with Gasteiger partial charge in [0.25, 0.3) is 0 Å². The maximum Gasteiger partial charge on any atom is 0.241 e. The van der Waals surface area contributed by atoms with Crippen molar-refractivity contribution in [1.82, 2.24) is 9.71 Å². The van der Waals surface area contributed by atoms with Gasteiger partial charge >= 0.3 is 0 Å². The first-order valence-electron chi connectivity index (χ1n) is 9.42. The summed E-state index contributed by atoms with van der Waals surface area (Å²) >= 11 is 0. The molecule has 0 unspecified atom stereocenters. The highest BCUT2D eigenvalue weighted by Crippen LogP contribution is 2.28. The van der Waals surface area contributed by atoms with Crippen LogP contribution in [0.25, 0.3) is 10.9 Å². The van der Waals surface area contributed by atoms with Crippen LogP contribution in [0.1, 0.15) is 22.4 Å². The maximum atomic E-state index is 13.8. The number of aromatic nitrogens is 1. The Hall–Kier alpha value is -3.03. The van der Waals surface area contributed by atoms with Crippen molar-refractivity contribution < 1.29 is 17.2 Å². The molecule has 3 aromatic carbocycles. The number of hydrogen-bond acceptors (Lipinski definition) is 2. The average Bonchev–Trinajstić information content (AvgIpc) is 3.02. The molecule has 0 bridgehead atoms. The first-order valence-corrected chi connectivity index (χ1v) is 10.9. The van der Waals surface area contributed by atoms with Gasteiger partial charge in [0.1, 0.15) is 11.6 Å². The standard InChI is InChI=1S/C23H20F2N2O2S/c1-15-20(21-13-19(25)10-11-22(21)27-15)12-17-4-2-3-5-23(17)30(28,29)26-14-16-6-8-18(24)9-7-16/h2-11,13,26-27H,12,14H2,1H3. The minimum absolute atomic E-state index is 0.0499. The topological polar surface area (TPSA) is 62.0 Å². The van der Waals surface area contributed by atoms with Crippen LogP contribution in [-0.4, -0.2) is 13.4 Å². The second kappa shape index (κ2) is 8.01. The molecular formula is C23H20F2N2O2S. The van der Waals surface area contributed by atoms with Crippen molar-refractivity contribution in [3.8, 4) is 0 Å². The molecule has 1 heterocycles. The van der Waals surface area contributed by atoms with Crippen LogP contribution in [0.15, 0.2) is 71.6 Å². The second-order valence-electron chi connectivity index (χ2n) is 7.15. The smallest absolute Gasteiger partial charge is 0.241 e. The lowest BCUT2D eigenvalue weighted by Gasteiger charge is -2.12. The molecule has 0 spiro atoms. The summed E-state index contributed by atoms with van der Waals surface area (Å²) in [5, 5.41) is 0.735. The Bertz CT molecular complexity index is 1310. The quantitative estimate of drug-likeness (QED) is 0.464. The predicted octanol–water partition coefficient (Wildman–Crippen LogP) is 4.82. The third kappa shape index (κ3) is 4.13. The summed E-state index contributed by atoms with van der Waals surface area (Å²) in [6.07, 6.45) is 0.336. The van der Waals surface area contributed by atoms with Gasteiger partial charge in [-0.05, 0) is 60.0 Å². The first-order chi connectivity index (χ1) is 14.3. The summed E-state index contributed by atoms with van der Waals surface area (Å²) in [7, 11) is -3.80. The van der Waals surface area contributed by atoms with E-state index in [1.165, 1.54) is 36.4 Å². The van der Waals surface area contributed by atoms with Gasteiger partial charge in [0.15, 0.2) is 0 Å². The van der Waals surface area contributed by atoms with E-state index in [0.29, 0.717) is 17.5 Å². The van der Waals surface area contributed by atoms with Crippen LogP contribution in [0.3, 0.4) is 0 Å². The Morgan fingerprint density at radius 3 is 2.40 bits per heavy atom. The molecule has 0 atom stereocenters. The van der Waals surface area contributed by atoms with Gasteiger partial charge in [-0.2, -0.15) is 0 Å². The van der Waals surface area contributed by atoms with Gasteiger partial charge in [-0.1, -0.05) is 30.3 Å². The van der Waals surface area contributed by atoms with Crippen LogP contribution < -0.4 is 4.72 Å². The number of aromatic amines is 1. The molecule has 30 heavy (non-hydrogen) atoms. The summed E-state index contributed by atoms with van der Waals surface area (Å²) in [5.41, 5.74) is 3.78. The normalized spacial score (nSPS) is 11.8. The van der Waals surface area contributed by atoms with Gasteiger partial charge < -0.3 is 4.98 Å². The number of sulfonamides is 1. The molecule has 0 fully saturated rings. The van der Waals surface area contributed by atoms with Crippen molar-refractivity contribution in [2.75, 3.05) is 0 Å². The largest absolute Gasteiger partial charge is 0.358 e. The number of nitrogens with one attached hydrogen (secondary N) is 2. The molecular weight excluding hydrogens is 406 g/mol. The lowest BCUT2D eigenvalue weighted by Crippen LogP contribution is -2.24. The van der Waals surface area contributed by atoms with Crippen molar-refractivity contribution >= 4 is 20.9 Å². The predicted molar refractivity (Wildman–Crippen MR) is 113 cm³/mol. The third-order valence-electron chi connectivity index (χ3n) is 5.09. The van der Waals surface area contributed by atoms with Crippen molar-refractivity contribution in [2.45, 2.75) is 24.8 Å². The zero-order valence-electron chi connectivity index (χ0n) is 16.2. The van der Waals surface area contributed by atoms with E-state index in [2.05, 4.69) is 9.71 Å². The minimum Gasteiger partial charge on any atom is -0.358 e.